The molecule has 0 aromatic heterocycles. The van der Waals surface area contributed by atoms with Crippen LogP contribution in [0.2, 0.25) is 0 Å². The van der Waals surface area contributed by atoms with Crippen molar-refractivity contribution >= 4 is 5.91 Å². The van der Waals surface area contributed by atoms with Gasteiger partial charge in [-0.25, -0.2) is 0 Å². The van der Waals surface area contributed by atoms with Gasteiger partial charge in [-0.3, -0.25) is 4.79 Å². The first kappa shape index (κ1) is 16.3. The van der Waals surface area contributed by atoms with E-state index >= 15 is 0 Å². The minimum atomic E-state index is -0.524. The molecule has 2 N–H and O–H groups in total. The highest BCUT2D eigenvalue weighted by atomic mass is 16.5. The Kier molecular flexibility index (Phi) is 6.31. The first-order chi connectivity index (χ1) is 9.47. The van der Waals surface area contributed by atoms with Crippen LogP contribution >= 0.6 is 0 Å². The molecule has 0 saturated heterocycles. The fourth-order valence-electron chi connectivity index (χ4n) is 1.69. The lowest BCUT2D eigenvalue weighted by Gasteiger charge is -2.15. The summed E-state index contributed by atoms with van der Waals surface area (Å²) in [6.07, 6.45) is -0.283. The molecule has 0 heterocycles. The number of amides is 1. The molecule has 0 aliphatic heterocycles. The predicted molar refractivity (Wildman–Crippen MR) is 77.1 cm³/mol. The number of carbonyl (C=O) groups is 1. The minimum absolute atomic E-state index is 0.122. The van der Waals surface area contributed by atoms with Crippen LogP contribution in [0.3, 0.4) is 0 Å². The lowest BCUT2D eigenvalue weighted by molar-refractivity contribution is -0.121. The van der Waals surface area contributed by atoms with E-state index in [1.807, 2.05) is 19.9 Å². The molecule has 0 aliphatic rings. The topological polar surface area (TPSA) is 67.8 Å². The van der Waals surface area contributed by atoms with Gasteiger partial charge < -0.3 is 19.9 Å². The zero-order valence-corrected chi connectivity index (χ0v) is 12.5. The summed E-state index contributed by atoms with van der Waals surface area (Å²) in [5.74, 6) is 1.22. The number of ether oxygens (including phenoxy) is 2. The summed E-state index contributed by atoms with van der Waals surface area (Å²) >= 11 is 0. The van der Waals surface area contributed by atoms with Crippen molar-refractivity contribution in [3.63, 3.8) is 0 Å². The van der Waals surface area contributed by atoms with Crippen LogP contribution in [0, 0.1) is 5.92 Å². The second-order valence-electron chi connectivity index (χ2n) is 4.98. The SMILES string of the molecule is COc1ccc(CC(=O)NCC(O)C(C)C)cc1OC. The van der Waals surface area contributed by atoms with Gasteiger partial charge in [0.1, 0.15) is 0 Å². The quantitative estimate of drug-likeness (QED) is 0.792. The van der Waals surface area contributed by atoms with Crippen LogP contribution in [-0.2, 0) is 11.2 Å². The predicted octanol–water partition coefficient (Wildman–Crippen LogP) is 1.38. The van der Waals surface area contributed by atoms with E-state index in [4.69, 9.17) is 9.47 Å². The van der Waals surface area contributed by atoms with Crippen molar-refractivity contribution in [1.82, 2.24) is 5.32 Å². The van der Waals surface area contributed by atoms with Gasteiger partial charge in [-0.15, -0.1) is 0 Å². The Hall–Kier alpha value is -1.75. The second kappa shape index (κ2) is 7.75. The summed E-state index contributed by atoms with van der Waals surface area (Å²) in [4.78, 5) is 11.8. The average molecular weight is 281 g/mol. The average Bonchev–Trinajstić information content (AvgIpc) is 2.44. The Balaban J connectivity index is 2.58. The molecule has 5 heteroatoms. The molecule has 0 bridgehead atoms. The van der Waals surface area contributed by atoms with E-state index in [2.05, 4.69) is 5.32 Å². The summed E-state index contributed by atoms with van der Waals surface area (Å²) < 4.78 is 10.3. The number of hydrogen-bond acceptors (Lipinski definition) is 4. The van der Waals surface area contributed by atoms with Crippen molar-refractivity contribution in [2.75, 3.05) is 20.8 Å². The molecule has 0 aliphatic carbocycles. The van der Waals surface area contributed by atoms with E-state index in [0.29, 0.717) is 11.5 Å². The van der Waals surface area contributed by atoms with Crippen molar-refractivity contribution in [3.8, 4) is 11.5 Å². The standard InChI is InChI=1S/C15H23NO4/c1-10(2)12(17)9-16-15(18)8-11-5-6-13(19-3)14(7-11)20-4/h5-7,10,12,17H,8-9H2,1-4H3,(H,16,18). The third-order valence-electron chi connectivity index (χ3n) is 3.09. The Morgan fingerprint density at radius 3 is 2.45 bits per heavy atom. The first-order valence-electron chi connectivity index (χ1n) is 6.63. The largest absolute Gasteiger partial charge is 0.493 e. The van der Waals surface area contributed by atoms with Crippen LogP contribution in [0.1, 0.15) is 19.4 Å². The van der Waals surface area contributed by atoms with Crippen LogP contribution < -0.4 is 14.8 Å². The monoisotopic (exact) mass is 281 g/mol. The van der Waals surface area contributed by atoms with Crippen molar-refractivity contribution < 1.29 is 19.4 Å². The fraction of sp³-hybridized carbons (Fsp3) is 0.533. The summed E-state index contributed by atoms with van der Waals surface area (Å²) in [6.45, 7) is 4.08. The number of rotatable bonds is 7. The van der Waals surface area contributed by atoms with Crippen LogP contribution in [-0.4, -0.2) is 37.9 Å². The Morgan fingerprint density at radius 1 is 1.25 bits per heavy atom. The normalized spacial score (nSPS) is 12.1. The molecule has 1 aromatic rings. The third kappa shape index (κ3) is 4.74. The maximum absolute atomic E-state index is 11.8. The first-order valence-corrected chi connectivity index (χ1v) is 6.63. The molecule has 0 fully saturated rings. The molecule has 1 unspecified atom stereocenters. The smallest absolute Gasteiger partial charge is 0.224 e. The van der Waals surface area contributed by atoms with Crippen molar-refractivity contribution in [2.45, 2.75) is 26.4 Å². The zero-order chi connectivity index (χ0) is 15.1. The highest BCUT2D eigenvalue weighted by Crippen LogP contribution is 2.27. The molecular formula is C15H23NO4. The number of carbonyl (C=O) groups excluding carboxylic acids is 1. The maximum Gasteiger partial charge on any atom is 0.224 e. The van der Waals surface area contributed by atoms with E-state index < -0.39 is 6.10 Å². The lowest BCUT2D eigenvalue weighted by Crippen LogP contribution is -2.35. The molecule has 1 rings (SSSR count). The number of aliphatic hydroxyl groups is 1. The van der Waals surface area contributed by atoms with Crippen molar-refractivity contribution in [1.29, 1.82) is 0 Å². The highest BCUT2D eigenvalue weighted by Gasteiger charge is 2.12. The van der Waals surface area contributed by atoms with Crippen LogP contribution in [0.15, 0.2) is 18.2 Å². The summed E-state index contributed by atoms with van der Waals surface area (Å²) in [6, 6.07) is 5.36. The number of methoxy groups -OCH3 is 2. The van der Waals surface area contributed by atoms with E-state index in [-0.39, 0.29) is 24.8 Å². The van der Waals surface area contributed by atoms with Crippen LogP contribution in [0.25, 0.3) is 0 Å². The van der Waals surface area contributed by atoms with Gasteiger partial charge in [-0.1, -0.05) is 19.9 Å². The molecule has 0 spiro atoms. The Labute approximate surface area is 119 Å². The van der Waals surface area contributed by atoms with Gasteiger partial charge in [0.05, 0.1) is 26.7 Å². The van der Waals surface area contributed by atoms with Gasteiger partial charge >= 0.3 is 0 Å². The van der Waals surface area contributed by atoms with Gasteiger partial charge in [0, 0.05) is 6.54 Å². The van der Waals surface area contributed by atoms with Crippen molar-refractivity contribution in [2.24, 2.45) is 5.92 Å². The third-order valence-corrected chi connectivity index (χ3v) is 3.09. The molecule has 1 amide bonds. The van der Waals surface area contributed by atoms with Crippen LogP contribution in [0.4, 0.5) is 0 Å². The van der Waals surface area contributed by atoms with Crippen LogP contribution in [0.5, 0.6) is 11.5 Å². The summed E-state index contributed by atoms with van der Waals surface area (Å²) in [7, 11) is 3.12. The lowest BCUT2D eigenvalue weighted by atomic mass is 10.1. The van der Waals surface area contributed by atoms with E-state index in [0.717, 1.165) is 5.56 Å². The minimum Gasteiger partial charge on any atom is -0.493 e. The molecule has 1 atom stereocenters. The molecule has 1 aromatic carbocycles. The zero-order valence-electron chi connectivity index (χ0n) is 12.5. The maximum atomic E-state index is 11.8. The number of aliphatic hydroxyl groups excluding tert-OH is 1. The molecule has 5 nitrogen and oxygen atoms in total. The Bertz CT molecular complexity index is 445. The number of hydrogen-bond donors (Lipinski definition) is 2. The van der Waals surface area contributed by atoms with Gasteiger partial charge in [0.25, 0.3) is 0 Å². The fourth-order valence-corrected chi connectivity index (χ4v) is 1.69. The summed E-state index contributed by atoms with van der Waals surface area (Å²) in [5, 5.41) is 12.4. The number of benzene rings is 1. The Morgan fingerprint density at radius 2 is 1.90 bits per heavy atom. The van der Waals surface area contributed by atoms with Crippen molar-refractivity contribution in [3.05, 3.63) is 23.8 Å². The number of nitrogens with one attached hydrogen (secondary N) is 1. The van der Waals surface area contributed by atoms with E-state index in [1.54, 1.807) is 26.4 Å². The van der Waals surface area contributed by atoms with E-state index in [1.165, 1.54) is 0 Å². The van der Waals surface area contributed by atoms with Gasteiger partial charge in [-0.2, -0.15) is 0 Å². The highest BCUT2D eigenvalue weighted by molar-refractivity contribution is 5.78. The molecule has 0 saturated carbocycles. The van der Waals surface area contributed by atoms with Gasteiger partial charge in [0.15, 0.2) is 11.5 Å². The molecule has 0 radical (unpaired) electrons. The molecular weight excluding hydrogens is 258 g/mol. The molecule has 112 valence electrons. The summed E-state index contributed by atoms with van der Waals surface area (Å²) in [5.41, 5.74) is 0.833. The van der Waals surface area contributed by atoms with E-state index in [9.17, 15) is 9.90 Å². The molecule has 20 heavy (non-hydrogen) atoms. The van der Waals surface area contributed by atoms with Gasteiger partial charge in [-0.05, 0) is 23.6 Å². The van der Waals surface area contributed by atoms with Gasteiger partial charge in [0.2, 0.25) is 5.91 Å². The second-order valence-corrected chi connectivity index (χ2v) is 4.98.